The molecule has 0 fully saturated rings. The summed E-state index contributed by atoms with van der Waals surface area (Å²) in [4.78, 5) is 13.7. The first-order valence-corrected chi connectivity index (χ1v) is 9.55. The molecule has 0 saturated heterocycles. The zero-order chi connectivity index (χ0) is 17.0. The smallest absolute Gasteiger partial charge is 1.00 e. The van der Waals surface area contributed by atoms with E-state index in [1.54, 1.807) is 57.2 Å². The predicted molar refractivity (Wildman–Crippen MR) is 95.7 cm³/mol. The fourth-order valence-corrected chi connectivity index (χ4v) is 5.11. The van der Waals surface area contributed by atoms with Crippen molar-refractivity contribution in [2.75, 3.05) is 28.4 Å². The van der Waals surface area contributed by atoms with E-state index in [4.69, 9.17) is 18.9 Å². The average molecular weight is 438 g/mol. The Hall–Kier alpha value is -0.937. The predicted octanol–water partition coefficient (Wildman–Crippen LogP) is -2.61. The second-order valence-corrected chi connectivity index (χ2v) is 8.26. The van der Waals surface area contributed by atoms with Gasteiger partial charge in [-0.15, -0.1) is 0 Å². The summed E-state index contributed by atoms with van der Waals surface area (Å²) < 4.78 is 21.5. The van der Waals surface area contributed by atoms with Crippen molar-refractivity contribution in [1.82, 2.24) is 0 Å². The summed E-state index contributed by atoms with van der Waals surface area (Å²) in [6.07, 6.45) is 0. The van der Waals surface area contributed by atoms with E-state index in [0.717, 1.165) is 0 Å². The van der Waals surface area contributed by atoms with Gasteiger partial charge in [0.05, 0.1) is 28.4 Å². The first-order chi connectivity index (χ1) is 11.0. The van der Waals surface area contributed by atoms with Crippen LogP contribution >= 0.6 is 0 Å². The minimum Gasteiger partial charge on any atom is -1.00 e. The zero-order valence-electron chi connectivity index (χ0n) is 15.1. The van der Waals surface area contributed by atoms with E-state index < -0.39 is 8.32 Å². The number of para-hydroxylation sites is 2. The Morgan fingerprint density at radius 3 is 1.36 bits per heavy atom. The summed E-state index contributed by atoms with van der Waals surface area (Å²) in [5.74, 6) is 2.04. The molecule has 0 atom stereocenters. The third-order valence-corrected chi connectivity index (χ3v) is 6.68. The van der Waals surface area contributed by atoms with Gasteiger partial charge in [0.2, 0.25) is 0 Å². The molecule has 8 heteroatoms. The van der Waals surface area contributed by atoms with Gasteiger partial charge in [0, 0.05) is 8.32 Å². The summed E-state index contributed by atoms with van der Waals surface area (Å²) in [7, 11) is 2.84. The van der Waals surface area contributed by atoms with Crippen molar-refractivity contribution in [2.24, 2.45) is 0 Å². The summed E-state index contributed by atoms with van der Waals surface area (Å²) in [5, 5.41) is 1.21. The minimum absolute atomic E-state index is 0. The SMILES string of the molecule is COc1cccc([Si](C)([O-])c2cccc(OC)c2OC)c1OC.[Br-].[Mg+2]. The van der Waals surface area contributed by atoms with E-state index in [9.17, 15) is 4.80 Å². The van der Waals surface area contributed by atoms with Crippen LogP contribution in [-0.4, -0.2) is 59.8 Å². The average Bonchev–Trinajstić information content (AvgIpc) is 2.59. The van der Waals surface area contributed by atoms with Crippen molar-refractivity contribution in [1.29, 1.82) is 0 Å². The summed E-state index contributed by atoms with van der Waals surface area (Å²) >= 11 is 0. The standard InChI is InChI=1S/C17H21O5Si.BrH.Mg/c1-19-12-8-6-10-14(16(12)21-3)23(5,18)15-11-7-9-13(20-2)17(15)22-4;;/h6-11H,1-5H3;1H;/q-1;;+2/p-1. The van der Waals surface area contributed by atoms with Crippen molar-refractivity contribution in [3.05, 3.63) is 36.4 Å². The number of hydrogen-bond acceptors (Lipinski definition) is 5. The van der Waals surface area contributed by atoms with Crippen LogP contribution in [0.3, 0.4) is 0 Å². The van der Waals surface area contributed by atoms with Crippen LogP contribution in [0.15, 0.2) is 36.4 Å². The van der Waals surface area contributed by atoms with Gasteiger partial charge in [-0.1, -0.05) is 30.8 Å². The van der Waals surface area contributed by atoms with Gasteiger partial charge >= 0.3 is 23.1 Å². The van der Waals surface area contributed by atoms with Crippen LogP contribution in [-0.2, 0) is 0 Å². The number of methoxy groups -OCH3 is 4. The number of halogens is 1. The van der Waals surface area contributed by atoms with Crippen LogP contribution in [0, 0.1) is 0 Å². The van der Waals surface area contributed by atoms with Gasteiger partial charge in [0.15, 0.2) is 23.0 Å². The molecule has 0 saturated carbocycles. The van der Waals surface area contributed by atoms with Crippen LogP contribution in [0.4, 0.5) is 0 Å². The molecule has 0 N–H and O–H groups in total. The van der Waals surface area contributed by atoms with Crippen LogP contribution in [0.5, 0.6) is 23.0 Å². The van der Waals surface area contributed by atoms with E-state index in [-0.39, 0.29) is 40.0 Å². The van der Waals surface area contributed by atoms with Gasteiger partial charge in [0.25, 0.3) is 0 Å². The Labute approximate surface area is 176 Å². The molecule has 5 nitrogen and oxygen atoms in total. The minimum atomic E-state index is -3.34. The van der Waals surface area contributed by atoms with Gasteiger partial charge in [0.1, 0.15) is 0 Å². The van der Waals surface area contributed by atoms with Crippen molar-refractivity contribution in [3.63, 3.8) is 0 Å². The first-order valence-electron chi connectivity index (χ1n) is 7.14. The molecule has 0 aliphatic carbocycles. The molecule has 0 heterocycles. The maximum atomic E-state index is 13.7. The maximum absolute atomic E-state index is 13.7. The molecule has 0 amide bonds. The normalized spacial score (nSPS) is 10.2. The quantitative estimate of drug-likeness (QED) is 0.464. The van der Waals surface area contributed by atoms with E-state index in [1.165, 1.54) is 14.2 Å². The Morgan fingerprint density at radius 2 is 1.08 bits per heavy atom. The molecule has 0 aliphatic rings. The largest absolute Gasteiger partial charge is 2.00 e. The van der Waals surface area contributed by atoms with Crippen molar-refractivity contribution < 1.29 is 40.7 Å². The summed E-state index contributed by atoms with van der Waals surface area (Å²) in [5.41, 5.74) is 0. The summed E-state index contributed by atoms with van der Waals surface area (Å²) in [6.45, 7) is 1.71. The van der Waals surface area contributed by atoms with Gasteiger partial charge in [-0.25, -0.2) is 0 Å². The fraction of sp³-hybridized carbons (Fsp3) is 0.294. The molecule has 0 radical (unpaired) electrons. The molecule has 2 rings (SSSR count). The van der Waals surface area contributed by atoms with Crippen molar-refractivity contribution in [3.8, 4) is 23.0 Å². The molecule has 0 unspecified atom stereocenters. The molecule has 0 bridgehead atoms. The topological polar surface area (TPSA) is 60.0 Å². The summed E-state index contributed by atoms with van der Waals surface area (Å²) in [6, 6.07) is 10.7. The van der Waals surface area contributed by atoms with E-state index in [1.807, 2.05) is 0 Å². The van der Waals surface area contributed by atoms with Gasteiger partial charge in [-0.05, 0) is 22.5 Å². The Bertz CT molecular complexity index is 639. The van der Waals surface area contributed by atoms with E-state index >= 15 is 0 Å². The van der Waals surface area contributed by atoms with E-state index in [0.29, 0.717) is 33.4 Å². The number of ether oxygens (including phenoxy) is 4. The Balaban J connectivity index is 0.00000288. The number of benzene rings is 2. The van der Waals surface area contributed by atoms with Gasteiger partial charge < -0.3 is 40.7 Å². The third kappa shape index (κ3) is 4.62. The van der Waals surface area contributed by atoms with Crippen LogP contribution in [0.1, 0.15) is 0 Å². The van der Waals surface area contributed by atoms with E-state index in [2.05, 4.69) is 0 Å². The second kappa shape index (κ2) is 10.3. The zero-order valence-corrected chi connectivity index (χ0v) is 19.1. The van der Waals surface area contributed by atoms with Crippen molar-refractivity contribution >= 4 is 41.7 Å². The van der Waals surface area contributed by atoms with Crippen LogP contribution in [0.2, 0.25) is 6.55 Å². The molecule has 2 aromatic carbocycles. The molecule has 0 spiro atoms. The van der Waals surface area contributed by atoms with Crippen LogP contribution in [0.25, 0.3) is 0 Å². The third-order valence-electron chi connectivity index (χ3n) is 3.83. The monoisotopic (exact) mass is 436 g/mol. The number of rotatable bonds is 6. The molecular weight excluding hydrogens is 416 g/mol. The molecule has 0 aliphatic heterocycles. The number of hydrogen-bond donors (Lipinski definition) is 0. The van der Waals surface area contributed by atoms with Gasteiger partial charge in [-0.3, -0.25) is 0 Å². The Morgan fingerprint density at radius 1 is 0.720 bits per heavy atom. The van der Waals surface area contributed by atoms with Crippen LogP contribution < -0.4 is 51.1 Å². The van der Waals surface area contributed by atoms with Crippen molar-refractivity contribution in [2.45, 2.75) is 6.55 Å². The van der Waals surface area contributed by atoms with Gasteiger partial charge in [-0.2, -0.15) is 0 Å². The molecule has 25 heavy (non-hydrogen) atoms. The molecule has 132 valence electrons. The first kappa shape index (κ1) is 24.1. The molecule has 0 aromatic heterocycles. The Kier molecular flexibility index (Phi) is 9.88. The molecular formula is C17H21BrMgO5Si. The second-order valence-electron chi connectivity index (χ2n) is 5.12. The maximum Gasteiger partial charge on any atom is 2.00 e. The molecule has 2 aromatic rings. The fourth-order valence-electron chi connectivity index (χ4n) is 2.67.